The van der Waals surface area contributed by atoms with Crippen molar-refractivity contribution in [3.8, 4) is 17.0 Å². The smallest absolute Gasteiger partial charge is 0.405 e. The Morgan fingerprint density at radius 3 is 2.33 bits per heavy atom. The van der Waals surface area contributed by atoms with E-state index in [-0.39, 0.29) is 33.8 Å². The van der Waals surface area contributed by atoms with Gasteiger partial charge in [0.05, 0.1) is 23.9 Å². The molecular weight excluding hydrogens is 714 g/mol. The first kappa shape index (κ1) is 34.2. The van der Waals surface area contributed by atoms with Gasteiger partial charge in [-0.2, -0.15) is 0 Å². The van der Waals surface area contributed by atoms with Crippen molar-refractivity contribution in [3.05, 3.63) is 104 Å². The minimum absolute atomic E-state index is 0.0355. The van der Waals surface area contributed by atoms with Gasteiger partial charge < -0.3 is 30.2 Å². The Bertz CT molecular complexity index is 1610. The summed E-state index contributed by atoms with van der Waals surface area (Å²) in [6, 6.07) is 18.7. The molecule has 4 rings (SSSR count). The van der Waals surface area contributed by atoms with E-state index < -0.39 is 29.9 Å². The molecule has 0 radical (unpaired) electrons. The first-order valence-corrected chi connectivity index (χ1v) is 15.7. The van der Waals surface area contributed by atoms with Crippen molar-refractivity contribution in [1.29, 1.82) is 0 Å². The second kappa shape index (κ2) is 15.1. The van der Waals surface area contributed by atoms with E-state index in [2.05, 4.69) is 20.6 Å². The van der Waals surface area contributed by atoms with Crippen molar-refractivity contribution < 1.29 is 28.6 Å². The molecule has 0 saturated heterocycles. The van der Waals surface area contributed by atoms with Crippen LogP contribution in [0.25, 0.3) is 11.3 Å². The van der Waals surface area contributed by atoms with Gasteiger partial charge in [-0.05, 0) is 84.8 Å². The second-order valence-electron chi connectivity index (χ2n) is 11.4. The lowest BCUT2D eigenvalue weighted by Gasteiger charge is -2.27. The molecule has 2 amide bonds. The van der Waals surface area contributed by atoms with Crippen LogP contribution in [0.4, 0.5) is 9.18 Å². The molecule has 12 heteroatoms. The molecule has 0 spiro atoms. The molecule has 0 aliphatic rings. The monoisotopic (exact) mass is 748 g/mol. The summed E-state index contributed by atoms with van der Waals surface area (Å²) in [7, 11) is 0. The van der Waals surface area contributed by atoms with Crippen molar-refractivity contribution >= 4 is 46.2 Å². The van der Waals surface area contributed by atoms with Crippen molar-refractivity contribution in [1.82, 2.24) is 20.6 Å². The molecule has 0 bridgehead atoms. The number of amides is 2. The number of carbonyl (C=O) groups excluding carboxylic acids is 1. The fourth-order valence-electron chi connectivity index (χ4n) is 4.69. The fraction of sp³-hybridized carbons (Fsp3) is 0.303. The molecule has 3 aromatic carbocycles. The number of nitrogens with zero attached hydrogens (tertiary/aromatic N) is 1. The minimum atomic E-state index is -1.38. The molecule has 3 atom stereocenters. The summed E-state index contributed by atoms with van der Waals surface area (Å²) in [5.74, 6) is -0.610. The lowest BCUT2D eigenvalue weighted by Crippen LogP contribution is -2.42. The zero-order valence-electron chi connectivity index (χ0n) is 25.2. The van der Waals surface area contributed by atoms with Crippen LogP contribution >= 0.6 is 34.2 Å². The van der Waals surface area contributed by atoms with Gasteiger partial charge >= 0.3 is 6.09 Å². The number of carboxylic acid groups (broad SMARTS) is 1. The van der Waals surface area contributed by atoms with Gasteiger partial charge in [-0.15, -0.1) is 0 Å². The van der Waals surface area contributed by atoms with E-state index in [1.165, 1.54) is 6.07 Å². The van der Waals surface area contributed by atoms with Gasteiger partial charge in [0, 0.05) is 15.1 Å². The van der Waals surface area contributed by atoms with Crippen LogP contribution in [0.1, 0.15) is 62.6 Å². The van der Waals surface area contributed by atoms with Crippen LogP contribution in [0.5, 0.6) is 5.75 Å². The maximum absolute atomic E-state index is 14.9. The number of hydrogen-bond acceptors (Lipinski definition) is 5. The van der Waals surface area contributed by atoms with E-state index in [0.717, 1.165) is 9.13 Å². The van der Waals surface area contributed by atoms with Crippen LogP contribution < -0.4 is 15.4 Å². The van der Waals surface area contributed by atoms with E-state index in [1.807, 2.05) is 80.6 Å². The van der Waals surface area contributed by atoms with Crippen LogP contribution in [-0.4, -0.2) is 45.9 Å². The van der Waals surface area contributed by atoms with Gasteiger partial charge in [0.15, 0.2) is 5.15 Å². The molecule has 2 unspecified atom stereocenters. The number of nitrogens with one attached hydrogen (secondary N) is 3. The van der Waals surface area contributed by atoms with E-state index in [4.69, 9.17) is 21.1 Å². The van der Waals surface area contributed by atoms with Crippen molar-refractivity contribution in [3.63, 3.8) is 0 Å². The molecule has 238 valence electrons. The summed E-state index contributed by atoms with van der Waals surface area (Å²) in [6.45, 7) is 8.49. The highest BCUT2D eigenvalue weighted by atomic mass is 127. The maximum atomic E-state index is 14.9. The number of benzene rings is 3. The molecule has 0 saturated carbocycles. The van der Waals surface area contributed by atoms with Gasteiger partial charge in [-0.1, -0.05) is 61.0 Å². The third-order valence-corrected chi connectivity index (χ3v) is 7.87. The highest BCUT2D eigenvalue weighted by molar-refractivity contribution is 14.1. The van der Waals surface area contributed by atoms with E-state index in [1.54, 1.807) is 36.4 Å². The molecule has 4 aromatic rings. The van der Waals surface area contributed by atoms with Crippen molar-refractivity contribution in [2.75, 3.05) is 13.2 Å². The molecule has 1 heterocycles. The van der Waals surface area contributed by atoms with Gasteiger partial charge in [0.1, 0.15) is 30.0 Å². The number of rotatable bonds is 12. The first-order chi connectivity index (χ1) is 21.3. The molecule has 0 fully saturated rings. The average Bonchev–Trinajstić information content (AvgIpc) is 3.37. The van der Waals surface area contributed by atoms with Gasteiger partial charge in [-0.3, -0.25) is 4.79 Å². The van der Waals surface area contributed by atoms with Crippen molar-refractivity contribution in [2.45, 2.75) is 51.3 Å². The lowest BCUT2D eigenvalue weighted by atomic mass is 9.92. The summed E-state index contributed by atoms with van der Waals surface area (Å²) in [4.78, 5) is 33.2. The number of carbonyl (C=O) groups is 2. The summed E-state index contributed by atoms with van der Waals surface area (Å²) >= 11 is 8.52. The number of H-pyrrole nitrogens is 1. The normalized spacial score (nSPS) is 13.5. The molecule has 0 aliphatic carbocycles. The Morgan fingerprint density at radius 1 is 1.02 bits per heavy atom. The number of halogens is 3. The molecule has 4 N–H and O–H groups in total. The summed E-state index contributed by atoms with van der Waals surface area (Å²) in [5.41, 5.74) is 1.50. The minimum Gasteiger partial charge on any atom is -0.491 e. The van der Waals surface area contributed by atoms with E-state index >= 15 is 0 Å². The zero-order valence-corrected chi connectivity index (χ0v) is 28.1. The average molecular weight is 749 g/mol. The highest BCUT2D eigenvalue weighted by Crippen LogP contribution is 2.35. The molecule has 9 nitrogen and oxygen atoms in total. The van der Waals surface area contributed by atoms with E-state index in [9.17, 15) is 19.1 Å². The molecule has 1 aromatic heterocycles. The quantitative estimate of drug-likeness (QED) is 0.0873. The number of imidazole rings is 1. The number of ether oxygens (including phenoxy) is 2. The third kappa shape index (κ3) is 9.41. The predicted molar refractivity (Wildman–Crippen MR) is 179 cm³/mol. The summed E-state index contributed by atoms with van der Waals surface area (Å²) in [5, 5.41) is 14.9. The molecule has 45 heavy (non-hydrogen) atoms. The van der Waals surface area contributed by atoms with Gasteiger partial charge in [-0.25, -0.2) is 14.2 Å². The number of aromatic nitrogens is 2. The number of aromatic amines is 1. The van der Waals surface area contributed by atoms with Crippen molar-refractivity contribution in [2.24, 2.45) is 0 Å². The summed E-state index contributed by atoms with van der Waals surface area (Å²) < 4.78 is 27.0. The summed E-state index contributed by atoms with van der Waals surface area (Å²) in [6.07, 6.45) is -1.38. The van der Waals surface area contributed by atoms with Gasteiger partial charge in [0.2, 0.25) is 5.91 Å². The van der Waals surface area contributed by atoms with Crippen LogP contribution in [0.3, 0.4) is 0 Å². The SMILES string of the molecule is CC(c1ccccc1)C(NC(=O)[C@H](NC(=O)O)c1ccc(OCCOC(C)(C)C)cc1)c1nc(Cl)c(-c2ccc(I)cc2F)[nH]1. The highest BCUT2D eigenvalue weighted by Gasteiger charge is 2.31. The van der Waals surface area contributed by atoms with Crippen LogP contribution in [0.2, 0.25) is 5.15 Å². The van der Waals surface area contributed by atoms with Crippen LogP contribution in [0, 0.1) is 9.39 Å². The Kier molecular flexibility index (Phi) is 11.5. The fourth-order valence-corrected chi connectivity index (χ4v) is 5.38. The lowest BCUT2D eigenvalue weighted by molar-refractivity contribution is -0.124. The maximum Gasteiger partial charge on any atom is 0.405 e. The Labute approximate surface area is 280 Å². The Hall–Kier alpha value is -3.68. The number of hydrogen-bond donors (Lipinski definition) is 4. The first-order valence-electron chi connectivity index (χ1n) is 14.2. The standard InChI is InChI=1S/C33H35ClFIN4O5/c1-19(20-8-6-5-7-9-20)26(30-37-28(29(34)40-30)24-15-12-22(36)18-25(24)35)38-31(41)27(39-32(42)43)21-10-13-23(14-11-21)44-16-17-45-33(2,3)4/h5-15,18-19,26-27,39H,16-17H2,1-4H3,(H,37,40)(H,38,41)(H,42,43)/t19?,26?,27-/m1/s1. The zero-order chi connectivity index (χ0) is 32.7. The van der Waals surface area contributed by atoms with Crippen LogP contribution in [-0.2, 0) is 9.53 Å². The molecular formula is C33H35ClFIN4O5. The van der Waals surface area contributed by atoms with Crippen LogP contribution in [0.15, 0.2) is 72.8 Å². The van der Waals surface area contributed by atoms with Gasteiger partial charge in [0.25, 0.3) is 0 Å². The Balaban J connectivity index is 1.61. The largest absolute Gasteiger partial charge is 0.491 e. The third-order valence-electron chi connectivity index (χ3n) is 6.93. The Morgan fingerprint density at radius 2 is 1.71 bits per heavy atom. The topological polar surface area (TPSA) is 126 Å². The molecule has 0 aliphatic heterocycles. The predicted octanol–water partition coefficient (Wildman–Crippen LogP) is 7.64. The second-order valence-corrected chi connectivity index (χ2v) is 13.0. The van der Waals surface area contributed by atoms with E-state index in [0.29, 0.717) is 24.5 Å².